The van der Waals surface area contributed by atoms with Gasteiger partial charge in [0.2, 0.25) is 5.91 Å². The van der Waals surface area contributed by atoms with Crippen LogP contribution in [0.15, 0.2) is 24.3 Å². The molecule has 0 bridgehead atoms. The van der Waals surface area contributed by atoms with Crippen LogP contribution < -0.4 is 5.32 Å². The van der Waals surface area contributed by atoms with E-state index in [2.05, 4.69) is 10.2 Å². The molecule has 1 aromatic carbocycles. The van der Waals surface area contributed by atoms with Gasteiger partial charge in [-0.3, -0.25) is 4.79 Å². The molecule has 1 aliphatic rings. The van der Waals surface area contributed by atoms with E-state index < -0.39 is 0 Å². The van der Waals surface area contributed by atoms with Crippen LogP contribution in [0.2, 0.25) is 0 Å². The molecule has 1 unspecified atom stereocenters. The van der Waals surface area contributed by atoms with Crippen LogP contribution in [0.5, 0.6) is 0 Å². The van der Waals surface area contributed by atoms with E-state index in [9.17, 15) is 9.59 Å². The smallest absolute Gasteiger partial charge is 0.338 e. The van der Waals surface area contributed by atoms with Crippen LogP contribution in [-0.4, -0.2) is 43.5 Å². The van der Waals surface area contributed by atoms with E-state index in [-0.39, 0.29) is 17.8 Å². The molecule has 0 spiro atoms. The highest BCUT2D eigenvalue weighted by molar-refractivity contribution is 5.95. The molecule has 5 nitrogen and oxygen atoms in total. The van der Waals surface area contributed by atoms with Crippen LogP contribution >= 0.6 is 0 Å². The highest BCUT2D eigenvalue weighted by Crippen LogP contribution is 2.18. The fourth-order valence-electron chi connectivity index (χ4n) is 2.56. The Kier molecular flexibility index (Phi) is 5.33. The number of amides is 1. The number of carbonyl (C=O) groups is 2. The fourth-order valence-corrected chi connectivity index (χ4v) is 2.56. The van der Waals surface area contributed by atoms with Crippen LogP contribution in [0.4, 0.5) is 5.69 Å². The number of esters is 1. The lowest BCUT2D eigenvalue weighted by molar-refractivity contribution is -0.121. The molecule has 1 heterocycles. The Labute approximate surface area is 125 Å². The maximum atomic E-state index is 12.3. The summed E-state index contributed by atoms with van der Waals surface area (Å²) in [5, 5.41) is 2.90. The van der Waals surface area contributed by atoms with Crippen molar-refractivity contribution in [3.05, 3.63) is 29.8 Å². The average Bonchev–Trinajstić information content (AvgIpc) is 2.48. The first-order valence-corrected chi connectivity index (χ1v) is 7.36. The molecule has 0 aliphatic carbocycles. The first-order valence-electron chi connectivity index (χ1n) is 7.36. The lowest BCUT2D eigenvalue weighted by Crippen LogP contribution is -2.38. The molecule has 1 saturated heterocycles. The third-order valence-electron chi connectivity index (χ3n) is 3.64. The SMILES string of the molecule is CCOC(=O)c1cccc(NC(=O)C2CCCN(C)C2)c1. The number of anilines is 1. The lowest BCUT2D eigenvalue weighted by Gasteiger charge is -2.28. The van der Waals surface area contributed by atoms with Gasteiger partial charge in [0, 0.05) is 12.2 Å². The third kappa shape index (κ3) is 4.29. The van der Waals surface area contributed by atoms with Crippen LogP contribution in [0.25, 0.3) is 0 Å². The largest absolute Gasteiger partial charge is 0.462 e. The molecule has 114 valence electrons. The molecule has 2 rings (SSSR count). The van der Waals surface area contributed by atoms with Crippen molar-refractivity contribution in [2.45, 2.75) is 19.8 Å². The summed E-state index contributed by atoms with van der Waals surface area (Å²) in [6.07, 6.45) is 1.95. The van der Waals surface area contributed by atoms with Gasteiger partial charge in [-0.2, -0.15) is 0 Å². The topological polar surface area (TPSA) is 58.6 Å². The van der Waals surface area contributed by atoms with E-state index in [1.807, 2.05) is 7.05 Å². The molecule has 0 aromatic heterocycles. The van der Waals surface area contributed by atoms with Crippen LogP contribution in [0.3, 0.4) is 0 Å². The molecule has 1 aromatic rings. The quantitative estimate of drug-likeness (QED) is 0.863. The molecule has 1 fully saturated rings. The Morgan fingerprint density at radius 2 is 2.24 bits per heavy atom. The predicted octanol–water partition coefficient (Wildman–Crippen LogP) is 2.14. The van der Waals surface area contributed by atoms with Gasteiger partial charge < -0.3 is 15.0 Å². The summed E-state index contributed by atoms with van der Waals surface area (Å²) in [6.45, 7) is 3.93. The van der Waals surface area contributed by atoms with Crippen molar-refractivity contribution >= 4 is 17.6 Å². The number of hydrogen-bond donors (Lipinski definition) is 1. The summed E-state index contributed by atoms with van der Waals surface area (Å²) >= 11 is 0. The van der Waals surface area contributed by atoms with Crippen LogP contribution in [0.1, 0.15) is 30.1 Å². The molecule has 1 N–H and O–H groups in total. The second-order valence-corrected chi connectivity index (χ2v) is 5.39. The number of hydrogen-bond acceptors (Lipinski definition) is 4. The number of piperidine rings is 1. The Hall–Kier alpha value is -1.88. The zero-order chi connectivity index (χ0) is 15.2. The van der Waals surface area contributed by atoms with E-state index in [1.54, 1.807) is 31.2 Å². The van der Waals surface area contributed by atoms with Gasteiger partial charge in [0.05, 0.1) is 18.1 Å². The number of benzene rings is 1. The lowest BCUT2D eigenvalue weighted by atomic mass is 9.97. The fraction of sp³-hybridized carbons (Fsp3) is 0.500. The summed E-state index contributed by atoms with van der Waals surface area (Å²) in [4.78, 5) is 26.1. The van der Waals surface area contributed by atoms with Gasteiger partial charge in [0.25, 0.3) is 0 Å². The number of nitrogens with zero attached hydrogens (tertiary/aromatic N) is 1. The van der Waals surface area contributed by atoms with Crippen LogP contribution in [0, 0.1) is 5.92 Å². The highest BCUT2D eigenvalue weighted by atomic mass is 16.5. The van der Waals surface area contributed by atoms with Crippen LogP contribution in [-0.2, 0) is 9.53 Å². The van der Waals surface area contributed by atoms with Crippen molar-refractivity contribution in [1.82, 2.24) is 4.90 Å². The van der Waals surface area contributed by atoms with Crippen molar-refractivity contribution in [2.75, 3.05) is 32.1 Å². The van der Waals surface area contributed by atoms with Gasteiger partial charge in [0.15, 0.2) is 0 Å². The van der Waals surface area contributed by atoms with Crippen molar-refractivity contribution in [1.29, 1.82) is 0 Å². The summed E-state index contributed by atoms with van der Waals surface area (Å²) in [5.74, 6) is -0.344. The average molecular weight is 290 g/mol. The maximum Gasteiger partial charge on any atom is 0.338 e. The van der Waals surface area contributed by atoms with Gasteiger partial charge in [0.1, 0.15) is 0 Å². The molecule has 0 radical (unpaired) electrons. The standard InChI is InChI=1S/C16H22N2O3/c1-3-21-16(20)12-6-4-8-14(10-12)17-15(19)13-7-5-9-18(2)11-13/h4,6,8,10,13H,3,5,7,9,11H2,1-2H3,(H,17,19). The minimum atomic E-state index is -0.369. The Morgan fingerprint density at radius 3 is 2.95 bits per heavy atom. The summed E-state index contributed by atoms with van der Waals surface area (Å²) in [5.41, 5.74) is 1.09. The molecular formula is C16H22N2O3. The second kappa shape index (κ2) is 7.22. The second-order valence-electron chi connectivity index (χ2n) is 5.39. The zero-order valence-electron chi connectivity index (χ0n) is 12.6. The number of nitrogens with one attached hydrogen (secondary N) is 1. The Bertz CT molecular complexity index is 516. The Balaban J connectivity index is 2.00. The van der Waals surface area contributed by atoms with Gasteiger partial charge in [-0.25, -0.2) is 4.79 Å². The minimum Gasteiger partial charge on any atom is -0.462 e. The summed E-state index contributed by atoms with van der Waals surface area (Å²) in [7, 11) is 2.03. The maximum absolute atomic E-state index is 12.3. The summed E-state index contributed by atoms with van der Waals surface area (Å²) < 4.78 is 4.96. The molecule has 21 heavy (non-hydrogen) atoms. The third-order valence-corrected chi connectivity index (χ3v) is 3.64. The first kappa shape index (κ1) is 15.5. The van der Waals surface area contributed by atoms with E-state index in [0.717, 1.165) is 25.9 Å². The Morgan fingerprint density at radius 1 is 1.43 bits per heavy atom. The monoisotopic (exact) mass is 290 g/mol. The van der Waals surface area contributed by atoms with E-state index in [4.69, 9.17) is 4.74 Å². The summed E-state index contributed by atoms with van der Waals surface area (Å²) in [6, 6.07) is 6.87. The molecule has 0 saturated carbocycles. The van der Waals surface area contributed by atoms with Gasteiger partial charge in [-0.15, -0.1) is 0 Å². The normalized spacial score (nSPS) is 19.0. The van der Waals surface area contributed by atoms with Gasteiger partial charge in [-0.1, -0.05) is 6.07 Å². The molecular weight excluding hydrogens is 268 g/mol. The number of likely N-dealkylation sites (tertiary alicyclic amines) is 1. The van der Waals surface area contributed by atoms with Crippen molar-refractivity contribution in [3.63, 3.8) is 0 Å². The number of rotatable bonds is 4. The van der Waals surface area contributed by atoms with E-state index in [1.165, 1.54) is 0 Å². The van der Waals surface area contributed by atoms with Crippen molar-refractivity contribution in [3.8, 4) is 0 Å². The number of carbonyl (C=O) groups excluding carboxylic acids is 2. The van der Waals surface area contributed by atoms with Crippen molar-refractivity contribution in [2.24, 2.45) is 5.92 Å². The van der Waals surface area contributed by atoms with Crippen molar-refractivity contribution < 1.29 is 14.3 Å². The van der Waals surface area contributed by atoms with E-state index in [0.29, 0.717) is 17.9 Å². The molecule has 1 atom stereocenters. The molecule has 1 aliphatic heterocycles. The zero-order valence-corrected chi connectivity index (χ0v) is 12.6. The highest BCUT2D eigenvalue weighted by Gasteiger charge is 2.24. The van der Waals surface area contributed by atoms with E-state index >= 15 is 0 Å². The van der Waals surface area contributed by atoms with Gasteiger partial charge >= 0.3 is 5.97 Å². The predicted molar refractivity (Wildman–Crippen MR) is 81.2 cm³/mol. The molecule has 5 heteroatoms. The molecule has 1 amide bonds. The minimum absolute atomic E-state index is 0.00926. The first-order chi connectivity index (χ1) is 10.1. The van der Waals surface area contributed by atoms with Gasteiger partial charge in [-0.05, 0) is 51.6 Å². The number of ether oxygens (including phenoxy) is 1.